The second-order valence-corrected chi connectivity index (χ2v) is 6.99. The fourth-order valence-corrected chi connectivity index (χ4v) is 4.29. The van der Waals surface area contributed by atoms with Gasteiger partial charge in [0.1, 0.15) is 0 Å². The highest BCUT2D eigenvalue weighted by molar-refractivity contribution is 7.99. The van der Waals surface area contributed by atoms with Crippen molar-refractivity contribution >= 4 is 11.8 Å². The van der Waals surface area contributed by atoms with Crippen molar-refractivity contribution in [3.8, 4) is 11.1 Å². The molecule has 2 aromatic carbocycles. The highest BCUT2D eigenvalue weighted by Crippen LogP contribution is 2.41. The molecular weight excluding hydrogens is 262 g/mol. The zero-order valence-electron chi connectivity index (χ0n) is 12.0. The van der Waals surface area contributed by atoms with Crippen molar-refractivity contribution < 1.29 is 0 Å². The van der Waals surface area contributed by atoms with E-state index >= 15 is 0 Å². The van der Waals surface area contributed by atoms with Gasteiger partial charge in [-0.05, 0) is 34.2 Å². The van der Waals surface area contributed by atoms with Crippen molar-refractivity contribution in [2.24, 2.45) is 11.7 Å². The summed E-state index contributed by atoms with van der Waals surface area (Å²) in [5.74, 6) is 1.70. The molecule has 1 nitrogen and oxygen atoms in total. The minimum atomic E-state index is 0.146. The highest BCUT2D eigenvalue weighted by atomic mass is 32.2. The van der Waals surface area contributed by atoms with Crippen molar-refractivity contribution in [2.45, 2.75) is 30.9 Å². The Morgan fingerprint density at radius 2 is 1.80 bits per heavy atom. The maximum atomic E-state index is 6.52. The smallest absolute Gasteiger partial charge is 0.0421 e. The average Bonchev–Trinajstić information content (AvgIpc) is 2.48. The molecule has 0 fully saturated rings. The Balaban J connectivity index is 2.00. The largest absolute Gasteiger partial charge is 0.323 e. The molecule has 0 aliphatic carbocycles. The van der Waals surface area contributed by atoms with Crippen LogP contribution < -0.4 is 5.73 Å². The minimum absolute atomic E-state index is 0.146. The second kappa shape index (κ2) is 5.63. The molecule has 3 rings (SSSR count). The van der Waals surface area contributed by atoms with Crippen LogP contribution in [-0.4, -0.2) is 5.25 Å². The van der Waals surface area contributed by atoms with E-state index in [9.17, 15) is 0 Å². The Hall–Kier alpha value is -1.25. The van der Waals surface area contributed by atoms with E-state index in [0.29, 0.717) is 11.2 Å². The average molecular weight is 283 g/mol. The van der Waals surface area contributed by atoms with Crippen LogP contribution in [0.3, 0.4) is 0 Å². The van der Waals surface area contributed by atoms with Gasteiger partial charge in [0, 0.05) is 17.0 Å². The van der Waals surface area contributed by atoms with Gasteiger partial charge >= 0.3 is 0 Å². The van der Waals surface area contributed by atoms with E-state index in [2.05, 4.69) is 62.4 Å². The van der Waals surface area contributed by atoms with E-state index in [-0.39, 0.29) is 6.04 Å². The maximum Gasteiger partial charge on any atom is 0.0421 e. The molecule has 0 bridgehead atoms. The first-order valence-electron chi connectivity index (χ1n) is 7.22. The zero-order valence-corrected chi connectivity index (χ0v) is 12.9. The summed E-state index contributed by atoms with van der Waals surface area (Å²) in [7, 11) is 0. The summed E-state index contributed by atoms with van der Waals surface area (Å²) >= 11 is 2.00. The predicted octanol–water partition coefficient (Wildman–Crippen LogP) is 4.62. The van der Waals surface area contributed by atoms with Crippen LogP contribution in [0, 0.1) is 5.92 Å². The molecule has 0 aromatic heterocycles. The standard InChI is InChI=1S/C18H21NS/c1-12(2)18-17(19)16-10-14(8-9-15(16)11-20-18)13-6-4-3-5-7-13/h3-10,12,17-18H,11,19H2,1-2H3. The van der Waals surface area contributed by atoms with Crippen molar-refractivity contribution in [1.82, 2.24) is 0 Å². The number of thioether (sulfide) groups is 1. The first-order chi connectivity index (χ1) is 9.66. The van der Waals surface area contributed by atoms with Gasteiger partial charge in [-0.15, -0.1) is 0 Å². The van der Waals surface area contributed by atoms with E-state index in [0.717, 1.165) is 5.75 Å². The van der Waals surface area contributed by atoms with E-state index in [1.165, 1.54) is 22.3 Å². The van der Waals surface area contributed by atoms with Gasteiger partial charge < -0.3 is 5.73 Å². The van der Waals surface area contributed by atoms with Gasteiger partial charge in [-0.1, -0.05) is 56.3 Å². The van der Waals surface area contributed by atoms with Crippen LogP contribution in [0.4, 0.5) is 0 Å². The second-order valence-electron chi connectivity index (χ2n) is 5.83. The van der Waals surface area contributed by atoms with Crippen molar-refractivity contribution in [3.05, 3.63) is 59.7 Å². The molecule has 20 heavy (non-hydrogen) atoms. The molecule has 2 atom stereocenters. The van der Waals surface area contributed by atoms with Gasteiger partial charge in [0.2, 0.25) is 0 Å². The van der Waals surface area contributed by atoms with Crippen LogP contribution >= 0.6 is 11.8 Å². The zero-order chi connectivity index (χ0) is 14.1. The molecule has 0 spiro atoms. The first kappa shape index (κ1) is 13.7. The summed E-state index contributed by atoms with van der Waals surface area (Å²) in [5, 5.41) is 0.522. The lowest BCUT2D eigenvalue weighted by molar-refractivity contribution is 0.521. The summed E-state index contributed by atoms with van der Waals surface area (Å²) in [4.78, 5) is 0. The maximum absolute atomic E-state index is 6.52. The van der Waals surface area contributed by atoms with Crippen LogP contribution in [0.15, 0.2) is 48.5 Å². The van der Waals surface area contributed by atoms with E-state index in [1.807, 2.05) is 11.8 Å². The molecule has 2 N–H and O–H groups in total. The van der Waals surface area contributed by atoms with Crippen LogP contribution in [0.2, 0.25) is 0 Å². The normalized spacial score (nSPS) is 21.8. The fourth-order valence-electron chi connectivity index (χ4n) is 2.92. The number of nitrogens with two attached hydrogens (primary N) is 1. The van der Waals surface area contributed by atoms with Gasteiger partial charge in [-0.2, -0.15) is 11.8 Å². The number of rotatable bonds is 2. The van der Waals surface area contributed by atoms with Gasteiger partial charge in [0.15, 0.2) is 0 Å². The first-order valence-corrected chi connectivity index (χ1v) is 8.27. The molecule has 0 amide bonds. The molecule has 2 aromatic rings. The van der Waals surface area contributed by atoms with Crippen molar-refractivity contribution in [2.75, 3.05) is 0 Å². The molecule has 2 heteroatoms. The summed E-state index contributed by atoms with van der Waals surface area (Å²) in [6, 6.07) is 17.5. The number of hydrogen-bond acceptors (Lipinski definition) is 2. The SMILES string of the molecule is CC(C)C1SCc2ccc(-c3ccccc3)cc2C1N. The Morgan fingerprint density at radius 3 is 2.50 bits per heavy atom. The molecule has 0 saturated carbocycles. The van der Waals surface area contributed by atoms with Crippen LogP contribution in [0.1, 0.15) is 31.0 Å². The number of hydrogen-bond donors (Lipinski definition) is 1. The molecule has 104 valence electrons. The Kier molecular flexibility index (Phi) is 3.86. The molecule has 1 aliphatic rings. The number of benzene rings is 2. The van der Waals surface area contributed by atoms with Gasteiger partial charge in [0.05, 0.1) is 0 Å². The monoisotopic (exact) mass is 283 g/mol. The van der Waals surface area contributed by atoms with Crippen molar-refractivity contribution in [3.63, 3.8) is 0 Å². The summed E-state index contributed by atoms with van der Waals surface area (Å²) in [6.45, 7) is 4.53. The third-order valence-electron chi connectivity index (χ3n) is 4.05. The molecule has 0 saturated heterocycles. The molecule has 1 aliphatic heterocycles. The van der Waals surface area contributed by atoms with E-state index in [4.69, 9.17) is 5.73 Å². The lowest BCUT2D eigenvalue weighted by atomic mass is 9.90. The van der Waals surface area contributed by atoms with Crippen molar-refractivity contribution in [1.29, 1.82) is 0 Å². The summed E-state index contributed by atoms with van der Waals surface area (Å²) in [6.07, 6.45) is 0. The molecule has 0 radical (unpaired) electrons. The van der Waals surface area contributed by atoms with E-state index < -0.39 is 0 Å². The Bertz CT molecular complexity index is 592. The summed E-state index contributed by atoms with van der Waals surface area (Å²) < 4.78 is 0. The fraction of sp³-hybridized carbons (Fsp3) is 0.333. The van der Waals surface area contributed by atoms with Gasteiger partial charge in [0.25, 0.3) is 0 Å². The predicted molar refractivity (Wildman–Crippen MR) is 88.7 cm³/mol. The lowest BCUT2D eigenvalue weighted by Gasteiger charge is -2.33. The van der Waals surface area contributed by atoms with Crippen LogP contribution in [0.25, 0.3) is 11.1 Å². The number of fused-ring (bicyclic) bond motifs is 1. The minimum Gasteiger partial charge on any atom is -0.323 e. The van der Waals surface area contributed by atoms with Crippen LogP contribution in [-0.2, 0) is 5.75 Å². The molecule has 1 heterocycles. The van der Waals surface area contributed by atoms with E-state index in [1.54, 1.807) is 0 Å². The quantitative estimate of drug-likeness (QED) is 0.870. The highest BCUT2D eigenvalue weighted by Gasteiger charge is 2.29. The Morgan fingerprint density at radius 1 is 1.05 bits per heavy atom. The summed E-state index contributed by atoms with van der Waals surface area (Å²) in [5.41, 5.74) is 11.8. The third-order valence-corrected chi connectivity index (χ3v) is 5.75. The molecular formula is C18H21NS. The van der Waals surface area contributed by atoms with Crippen LogP contribution in [0.5, 0.6) is 0 Å². The lowest BCUT2D eigenvalue weighted by Crippen LogP contribution is -2.32. The third kappa shape index (κ3) is 2.50. The Labute approximate surface area is 125 Å². The van der Waals surface area contributed by atoms with Gasteiger partial charge in [-0.3, -0.25) is 0 Å². The topological polar surface area (TPSA) is 26.0 Å². The van der Waals surface area contributed by atoms with Gasteiger partial charge in [-0.25, -0.2) is 0 Å². The molecule has 2 unspecified atom stereocenters.